The topological polar surface area (TPSA) is 30.5 Å². The Balaban J connectivity index is 2.14. The van der Waals surface area contributed by atoms with Crippen molar-refractivity contribution >= 4 is 0 Å². The molecule has 3 nitrogen and oxygen atoms in total. The summed E-state index contributed by atoms with van der Waals surface area (Å²) in [7, 11) is 0. The molecule has 0 spiro atoms. The average Bonchev–Trinajstić information content (AvgIpc) is 2.89. The molecule has 0 bridgehead atoms. The van der Waals surface area contributed by atoms with Crippen molar-refractivity contribution in [2.75, 3.05) is 13.3 Å². The Bertz CT molecular complexity index is 422. The monoisotopic (exact) mass is 219 g/mol. The molecular weight excluding hydrogens is 202 g/mol. The van der Waals surface area contributed by atoms with Gasteiger partial charge in [-0.2, -0.15) is 0 Å². The van der Waals surface area contributed by atoms with E-state index in [9.17, 15) is 0 Å². The molecule has 1 unspecified atom stereocenters. The van der Waals surface area contributed by atoms with Gasteiger partial charge in [0.25, 0.3) is 0 Å². The van der Waals surface area contributed by atoms with Crippen LogP contribution in [-0.4, -0.2) is 13.3 Å². The van der Waals surface area contributed by atoms with Crippen molar-refractivity contribution in [3.8, 4) is 11.5 Å². The number of rotatable bonds is 1. The SMILES string of the molecule is Cc1cc2c(c(C3CCCN3)c1C)OCO2. The molecule has 16 heavy (non-hydrogen) atoms. The summed E-state index contributed by atoms with van der Waals surface area (Å²) in [6, 6.07) is 2.52. The van der Waals surface area contributed by atoms with Crippen molar-refractivity contribution in [3.63, 3.8) is 0 Å². The van der Waals surface area contributed by atoms with Crippen LogP contribution in [0.15, 0.2) is 6.07 Å². The van der Waals surface area contributed by atoms with Gasteiger partial charge in [0.05, 0.1) is 0 Å². The molecule has 2 heterocycles. The Morgan fingerprint density at radius 2 is 2.19 bits per heavy atom. The maximum atomic E-state index is 5.62. The lowest BCUT2D eigenvalue weighted by molar-refractivity contribution is 0.173. The van der Waals surface area contributed by atoms with Gasteiger partial charge >= 0.3 is 0 Å². The van der Waals surface area contributed by atoms with Crippen molar-refractivity contribution in [1.82, 2.24) is 5.32 Å². The van der Waals surface area contributed by atoms with Crippen LogP contribution in [0.1, 0.15) is 35.6 Å². The number of nitrogens with one attached hydrogen (secondary N) is 1. The van der Waals surface area contributed by atoms with Crippen LogP contribution in [-0.2, 0) is 0 Å². The van der Waals surface area contributed by atoms with E-state index in [1.54, 1.807) is 0 Å². The van der Waals surface area contributed by atoms with E-state index in [0.717, 1.165) is 18.0 Å². The van der Waals surface area contributed by atoms with Crippen molar-refractivity contribution < 1.29 is 9.47 Å². The second-order valence-corrected chi connectivity index (χ2v) is 4.61. The van der Waals surface area contributed by atoms with Gasteiger partial charge in [-0.25, -0.2) is 0 Å². The van der Waals surface area contributed by atoms with Crippen LogP contribution in [0, 0.1) is 13.8 Å². The maximum Gasteiger partial charge on any atom is 0.231 e. The molecule has 0 radical (unpaired) electrons. The summed E-state index contributed by atoms with van der Waals surface area (Å²) in [5.41, 5.74) is 3.93. The molecule has 3 heteroatoms. The molecule has 1 aromatic rings. The Kier molecular flexibility index (Phi) is 2.28. The fourth-order valence-electron chi connectivity index (χ4n) is 2.64. The van der Waals surface area contributed by atoms with Crippen molar-refractivity contribution in [2.24, 2.45) is 0 Å². The van der Waals surface area contributed by atoms with Crippen LogP contribution >= 0.6 is 0 Å². The number of fused-ring (bicyclic) bond motifs is 1. The van der Waals surface area contributed by atoms with Gasteiger partial charge in [0.15, 0.2) is 11.5 Å². The molecule has 1 atom stereocenters. The normalized spacial score (nSPS) is 22.8. The summed E-state index contributed by atoms with van der Waals surface area (Å²) in [5.74, 6) is 1.87. The highest BCUT2D eigenvalue weighted by Crippen LogP contribution is 2.43. The number of benzene rings is 1. The molecule has 2 aliphatic rings. The first-order chi connectivity index (χ1) is 7.77. The molecule has 2 aliphatic heterocycles. The lowest BCUT2D eigenvalue weighted by atomic mass is 9.95. The van der Waals surface area contributed by atoms with Gasteiger partial charge in [-0.15, -0.1) is 0 Å². The first kappa shape index (κ1) is 9.97. The fourth-order valence-corrected chi connectivity index (χ4v) is 2.64. The lowest BCUT2D eigenvalue weighted by Gasteiger charge is -2.18. The van der Waals surface area contributed by atoms with E-state index in [4.69, 9.17) is 9.47 Å². The fraction of sp³-hybridized carbons (Fsp3) is 0.538. The van der Waals surface area contributed by atoms with E-state index in [1.807, 2.05) is 0 Å². The van der Waals surface area contributed by atoms with Crippen molar-refractivity contribution in [3.05, 3.63) is 22.8 Å². The molecule has 3 rings (SSSR count). The Hall–Kier alpha value is -1.22. The van der Waals surface area contributed by atoms with Gasteiger partial charge in [-0.1, -0.05) is 0 Å². The highest BCUT2D eigenvalue weighted by molar-refractivity contribution is 5.56. The first-order valence-corrected chi connectivity index (χ1v) is 5.90. The van der Waals surface area contributed by atoms with E-state index in [2.05, 4.69) is 25.2 Å². The van der Waals surface area contributed by atoms with E-state index in [1.165, 1.54) is 29.5 Å². The summed E-state index contributed by atoms with van der Waals surface area (Å²) >= 11 is 0. The second-order valence-electron chi connectivity index (χ2n) is 4.61. The molecule has 1 N–H and O–H groups in total. The minimum absolute atomic E-state index is 0.359. The molecule has 1 fully saturated rings. The Morgan fingerprint density at radius 3 is 2.94 bits per heavy atom. The first-order valence-electron chi connectivity index (χ1n) is 5.90. The number of hydrogen-bond donors (Lipinski definition) is 1. The highest BCUT2D eigenvalue weighted by atomic mass is 16.7. The molecule has 0 aliphatic carbocycles. The van der Waals surface area contributed by atoms with E-state index < -0.39 is 0 Å². The maximum absolute atomic E-state index is 5.62. The van der Waals surface area contributed by atoms with Crippen LogP contribution in [0.5, 0.6) is 11.5 Å². The zero-order chi connectivity index (χ0) is 11.1. The number of ether oxygens (including phenoxy) is 2. The van der Waals surface area contributed by atoms with Crippen LogP contribution in [0.4, 0.5) is 0 Å². The predicted molar refractivity (Wildman–Crippen MR) is 62.0 cm³/mol. The molecule has 1 aromatic carbocycles. The smallest absolute Gasteiger partial charge is 0.231 e. The average molecular weight is 219 g/mol. The van der Waals surface area contributed by atoms with Gasteiger partial charge in [0.2, 0.25) is 6.79 Å². The van der Waals surface area contributed by atoms with E-state index in [-0.39, 0.29) is 0 Å². The minimum Gasteiger partial charge on any atom is -0.454 e. The second kappa shape index (κ2) is 3.67. The lowest BCUT2D eigenvalue weighted by Crippen LogP contribution is -2.15. The molecule has 1 saturated heterocycles. The summed E-state index contributed by atoms with van der Waals surface area (Å²) in [6.45, 7) is 5.77. The largest absolute Gasteiger partial charge is 0.454 e. The van der Waals surface area contributed by atoms with Gasteiger partial charge < -0.3 is 14.8 Å². The molecule has 0 aromatic heterocycles. The van der Waals surface area contributed by atoms with Crippen LogP contribution in [0.2, 0.25) is 0 Å². The molecule has 86 valence electrons. The predicted octanol–water partition coefficient (Wildman–Crippen LogP) is 2.46. The number of aryl methyl sites for hydroxylation is 1. The Labute approximate surface area is 95.8 Å². The standard InChI is InChI=1S/C13H17NO2/c1-8-6-11-13(16-7-15-11)12(9(8)2)10-4-3-5-14-10/h6,10,14H,3-5,7H2,1-2H3. The molecule has 0 amide bonds. The summed E-state index contributed by atoms with van der Waals surface area (Å²) in [6.07, 6.45) is 2.44. The van der Waals surface area contributed by atoms with Gasteiger partial charge in [-0.05, 0) is 50.4 Å². The third-order valence-corrected chi connectivity index (χ3v) is 3.64. The molecular formula is C13H17NO2. The Morgan fingerprint density at radius 1 is 1.31 bits per heavy atom. The summed E-state index contributed by atoms with van der Waals surface area (Å²) < 4.78 is 11.1. The van der Waals surface area contributed by atoms with E-state index >= 15 is 0 Å². The third-order valence-electron chi connectivity index (χ3n) is 3.64. The summed E-state index contributed by atoms with van der Waals surface area (Å²) in [4.78, 5) is 0. The van der Waals surface area contributed by atoms with Crippen molar-refractivity contribution in [1.29, 1.82) is 0 Å². The number of hydrogen-bond acceptors (Lipinski definition) is 3. The highest BCUT2D eigenvalue weighted by Gasteiger charge is 2.28. The third kappa shape index (κ3) is 1.39. The zero-order valence-corrected chi connectivity index (χ0v) is 9.80. The van der Waals surface area contributed by atoms with Gasteiger partial charge in [0, 0.05) is 11.6 Å². The summed E-state index contributed by atoms with van der Waals surface area (Å²) in [5, 5.41) is 3.54. The van der Waals surface area contributed by atoms with Crippen LogP contribution in [0.3, 0.4) is 0 Å². The van der Waals surface area contributed by atoms with E-state index in [0.29, 0.717) is 12.8 Å². The molecule has 0 saturated carbocycles. The van der Waals surface area contributed by atoms with Crippen LogP contribution in [0.25, 0.3) is 0 Å². The van der Waals surface area contributed by atoms with Gasteiger partial charge in [0.1, 0.15) is 0 Å². The van der Waals surface area contributed by atoms with Crippen molar-refractivity contribution in [2.45, 2.75) is 32.7 Å². The van der Waals surface area contributed by atoms with Crippen LogP contribution < -0.4 is 14.8 Å². The van der Waals surface area contributed by atoms with Gasteiger partial charge in [-0.3, -0.25) is 0 Å². The quantitative estimate of drug-likeness (QED) is 0.787. The minimum atomic E-state index is 0.359. The zero-order valence-electron chi connectivity index (χ0n) is 9.80.